The summed E-state index contributed by atoms with van der Waals surface area (Å²) in [5, 5.41) is 8.59. The smallest absolute Gasteiger partial charge is 0.270 e. The van der Waals surface area contributed by atoms with Gasteiger partial charge in [-0.15, -0.1) is 11.3 Å². The van der Waals surface area contributed by atoms with Gasteiger partial charge in [0.05, 0.1) is 0 Å². The Kier molecular flexibility index (Phi) is 4.80. The molecule has 1 atom stereocenters. The second-order valence-corrected chi connectivity index (χ2v) is 9.06. The van der Waals surface area contributed by atoms with E-state index in [4.69, 9.17) is 0 Å². The largest absolute Gasteiger partial charge is 0.359 e. The Morgan fingerprint density at radius 1 is 1.50 bits per heavy atom. The number of carbonyl (C=O) groups excluding carboxylic acids is 1. The minimum absolute atomic E-state index is 0.198. The Balaban J connectivity index is 1.76. The highest BCUT2D eigenvalue weighted by Crippen LogP contribution is 2.26. The topological polar surface area (TPSA) is 71.1 Å². The maximum Gasteiger partial charge on any atom is 0.270 e. The second kappa shape index (κ2) is 6.22. The SMILES string of the molecule is CC(C)(C)S(=O)CCNC(=O)c1csc(NC2CC2)n1. The van der Waals surface area contributed by atoms with E-state index in [1.165, 1.54) is 24.2 Å². The van der Waals surface area contributed by atoms with E-state index in [0.29, 0.717) is 24.0 Å². The minimum Gasteiger partial charge on any atom is -0.359 e. The molecule has 0 aliphatic heterocycles. The third-order valence-corrected chi connectivity index (χ3v) is 5.61. The van der Waals surface area contributed by atoms with Crippen molar-refractivity contribution in [3.63, 3.8) is 0 Å². The summed E-state index contributed by atoms with van der Waals surface area (Å²) in [7, 11) is -0.949. The van der Waals surface area contributed by atoms with Gasteiger partial charge in [-0.1, -0.05) is 0 Å². The van der Waals surface area contributed by atoms with Crippen LogP contribution in [0.25, 0.3) is 0 Å². The van der Waals surface area contributed by atoms with Gasteiger partial charge in [0.25, 0.3) is 5.91 Å². The van der Waals surface area contributed by atoms with Crippen LogP contribution >= 0.6 is 11.3 Å². The fraction of sp³-hybridized carbons (Fsp3) is 0.692. The molecule has 1 aromatic rings. The van der Waals surface area contributed by atoms with Gasteiger partial charge in [0.1, 0.15) is 5.69 Å². The van der Waals surface area contributed by atoms with Crippen molar-refractivity contribution in [2.24, 2.45) is 0 Å². The van der Waals surface area contributed by atoms with Crippen LogP contribution in [0.1, 0.15) is 44.1 Å². The van der Waals surface area contributed by atoms with E-state index in [2.05, 4.69) is 15.6 Å². The average Bonchev–Trinajstić information content (AvgIpc) is 3.03. The number of hydrogen-bond donors (Lipinski definition) is 2. The molecule has 1 saturated carbocycles. The Morgan fingerprint density at radius 2 is 2.20 bits per heavy atom. The van der Waals surface area contributed by atoms with Crippen LogP contribution in [-0.4, -0.2) is 38.2 Å². The normalized spacial score (nSPS) is 16.8. The number of anilines is 1. The molecule has 1 aliphatic carbocycles. The van der Waals surface area contributed by atoms with Crippen LogP contribution < -0.4 is 10.6 Å². The van der Waals surface area contributed by atoms with Gasteiger partial charge in [-0.05, 0) is 33.6 Å². The summed E-state index contributed by atoms with van der Waals surface area (Å²) >= 11 is 1.45. The zero-order valence-corrected chi connectivity index (χ0v) is 13.7. The minimum atomic E-state index is -0.949. The molecule has 7 heteroatoms. The Hall–Kier alpha value is -0.950. The average molecular weight is 315 g/mol. The van der Waals surface area contributed by atoms with Crippen molar-refractivity contribution in [3.8, 4) is 0 Å². The molecule has 0 bridgehead atoms. The number of amides is 1. The molecule has 20 heavy (non-hydrogen) atoms. The molecule has 0 saturated heterocycles. The van der Waals surface area contributed by atoms with E-state index < -0.39 is 10.8 Å². The van der Waals surface area contributed by atoms with Crippen LogP contribution in [-0.2, 0) is 10.8 Å². The molecule has 1 aliphatic rings. The first-order valence-electron chi connectivity index (χ1n) is 6.75. The third kappa shape index (κ3) is 4.56. The summed E-state index contributed by atoms with van der Waals surface area (Å²) < 4.78 is 11.6. The maximum atomic E-state index is 11.9. The molecule has 112 valence electrons. The van der Waals surface area contributed by atoms with Gasteiger partial charge >= 0.3 is 0 Å². The molecule has 0 radical (unpaired) electrons. The summed E-state index contributed by atoms with van der Waals surface area (Å²) in [5.74, 6) is 0.267. The van der Waals surface area contributed by atoms with E-state index in [9.17, 15) is 9.00 Å². The highest BCUT2D eigenvalue weighted by molar-refractivity contribution is 7.86. The second-order valence-electron chi connectivity index (χ2n) is 5.87. The molecule has 5 nitrogen and oxygen atoms in total. The predicted molar refractivity (Wildman–Crippen MR) is 83.9 cm³/mol. The lowest BCUT2D eigenvalue weighted by molar-refractivity contribution is 0.0952. The molecule has 1 fully saturated rings. The predicted octanol–water partition coefficient (Wildman–Crippen LogP) is 1.99. The van der Waals surface area contributed by atoms with Gasteiger partial charge < -0.3 is 10.6 Å². The van der Waals surface area contributed by atoms with Crippen LogP contribution in [0, 0.1) is 0 Å². The first kappa shape index (κ1) is 15.4. The number of nitrogens with zero attached hydrogens (tertiary/aromatic N) is 1. The molecule has 2 N–H and O–H groups in total. The molecule has 0 spiro atoms. The van der Waals surface area contributed by atoms with Crippen molar-refractivity contribution < 1.29 is 9.00 Å². The lowest BCUT2D eigenvalue weighted by Gasteiger charge is -2.17. The summed E-state index contributed by atoms with van der Waals surface area (Å²) in [4.78, 5) is 16.2. The van der Waals surface area contributed by atoms with Gasteiger partial charge in [0.2, 0.25) is 0 Å². The summed E-state index contributed by atoms with van der Waals surface area (Å²) in [6.07, 6.45) is 2.36. The number of aromatic nitrogens is 1. The molecular formula is C13H21N3O2S2. The first-order valence-corrected chi connectivity index (χ1v) is 8.95. The van der Waals surface area contributed by atoms with E-state index >= 15 is 0 Å². The lowest BCUT2D eigenvalue weighted by atomic mass is 10.3. The van der Waals surface area contributed by atoms with Gasteiger partial charge in [0.15, 0.2) is 5.13 Å². The fourth-order valence-electron chi connectivity index (χ4n) is 1.50. The van der Waals surface area contributed by atoms with Crippen LogP contribution in [0.4, 0.5) is 5.13 Å². The van der Waals surface area contributed by atoms with Crippen LogP contribution in [0.2, 0.25) is 0 Å². The van der Waals surface area contributed by atoms with E-state index in [1.54, 1.807) is 5.38 Å². The molecule has 1 unspecified atom stereocenters. The monoisotopic (exact) mass is 315 g/mol. The third-order valence-electron chi connectivity index (χ3n) is 2.90. The fourth-order valence-corrected chi connectivity index (χ4v) is 3.17. The molecular weight excluding hydrogens is 294 g/mol. The Morgan fingerprint density at radius 3 is 2.80 bits per heavy atom. The molecule has 2 rings (SSSR count). The maximum absolute atomic E-state index is 11.9. The van der Waals surface area contributed by atoms with Gasteiger partial charge in [0, 0.05) is 39.3 Å². The van der Waals surface area contributed by atoms with Crippen molar-refractivity contribution in [1.29, 1.82) is 0 Å². The van der Waals surface area contributed by atoms with Gasteiger partial charge in [-0.25, -0.2) is 4.98 Å². The Bertz CT molecular complexity index is 504. The number of rotatable bonds is 6. The highest BCUT2D eigenvalue weighted by Gasteiger charge is 2.23. The van der Waals surface area contributed by atoms with Crippen molar-refractivity contribution >= 4 is 33.2 Å². The number of thiazole rings is 1. The summed E-state index contributed by atoms with van der Waals surface area (Å²) in [6, 6.07) is 0.534. The molecule has 1 aromatic heterocycles. The summed E-state index contributed by atoms with van der Waals surface area (Å²) in [6.45, 7) is 6.20. The summed E-state index contributed by atoms with van der Waals surface area (Å²) in [5.41, 5.74) is 0.430. The molecule has 0 aromatic carbocycles. The molecule has 1 heterocycles. The molecule has 1 amide bonds. The van der Waals surface area contributed by atoms with Crippen molar-refractivity contribution in [1.82, 2.24) is 10.3 Å². The zero-order valence-electron chi connectivity index (χ0n) is 12.1. The van der Waals surface area contributed by atoms with Crippen molar-refractivity contribution in [2.45, 2.75) is 44.4 Å². The number of carbonyl (C=O) groups is 1. The van der Waals surface area contributed by atoms with Gasteiger partial charge in [-0.2, -0.15) is 0 Å². The zero-order chi connectivity index (χ0) is 14.8. The van der Waals surface area contributed by atoms with Crippen molar-refractivity contribution in [2.75, 3.05) is 17.6 Å². The van der Waals surface area contributed by atoms with E-state index in [-0.39, 0.29) is 10.7 Å². The first-order chi connectivity index (χ1) is 9.36. The standard InChI is InChI=1S/C13H21N3O2S2/c1-13(2,3)20(18)7-6-14-11(17)10-8-19-12(16-10)15-9-4-5-9/h8-9H,4-7H2,1-3H3,(H,14,17)(H,15,16). The quantitative estimate of drug-likeness (QED) is 0.842. The van der Waals surface area contributed by atoms with Crippen LogP contribution in [0.3, 0.4) is 0 Å². The van der Waals surface area contributed by atoms with Gasteiger partial charge in [-0.3, -0.25) is 9.00 Å². The van der Waals surface area contributed by atoms with E-state index in [1.807, 2.05) is 20.8 Å². The number of nitrogens with one attached hydrogen (secondary N) is 2. The Labute approximate surface area is 126 Å². The van der Waals surface area contributed by atoms with Crippen LogP contribution in [0.5, 0.6) is 0 Å². The number of hydrogen-bond acceptors (Lipinski definition) is 5. The van der Waals surface area contributed by atoms with Crippen LogP contribution in [0.15, 0.2) is 5.38 Å². The lowest BCUT2D eigenvalue weighted by Crippen LogP contribution is -2.32. The van der Waals surface area contributed by atoms with E-state index in [0.717, 1.165) is 5.13 Å². The van der Waals surface area contributed by atoms with Crippen molar-refractivity contribution in [3.05, 3.63) is 11.1 Å². The highest BCUT2D eigenvalue weighted by atomic mass is 32.2.